The van der Waals surface area contributed by atoms with Gasteiger partial charge >= 0.3 is 0 Å². The molecule has 1 amide bonds. The number of nitrogens with zero attached hydrogens (tertiary/aromatic N) is 3. The Labute approximate surface area is 212 Å². The molecule has 0 spiro atoms. The molecule has 4 rings (SSSR count). The van der Waals surface area contributed by atoms with Crippen LogP contribution in [0.2, 0.25) is 0 Å². The highest BCUT2D eigenvalue weighted by atomic mass is 16.6. The molecule has 2 aromatic rings. The zero-order valence-electron chi connectivity index (χ0n) is 21.0. The Balaban J connectivity index is 1.38. The van der Waals surface area contributed by atoms with Crippen molar-refractivity contribution in [2.75, 3.05) is 31.6 Å². The maximum atomic E-state index is 13.2. The topological polar surface area (TPSA) is 75.9 Å². The van der Waals surface area contributed by atoms with Crippen LogP contribution in [0, 0.1) is 16.0 Å². The Morgan fingerprint density at radius 2 is 1.89 bits per heavy atom. The minimum atomic E-state index is -0.424. The summed E-state index contributed by atoms with van der Waals surface area (Å²) in [4.78, 5) is 28.0. The van der Waals surface area contributed by atoms with Gasteiger partial charge in [-0.1, -0.05) is 36.9 Å². The van der Waals surface area contributed by atoms with Gasteiger partial charge in [0.15, 0.2) is 0 Å². The van der Waals surface area contributed by atoms with E-state index < -0.39 is 4.92 Å². The molecule has 7 nitrogen and oxygen atoms in total. The molecule has 0 radical (unpaired) electrons. The first-order valence-electron chi connectivity index (χ1n) is 12.4. The monoisotopic (exact) mass is 487 g/mol. The van der Waals surface area contributed by atoms with Crippen LogP contribution in [0.1, 0.15) is 41.3 Å². The van der Waals surface area contributed by atoms with Gasteiger partial charge in [0, 0.05) is 30.8 Å². The third-order valence-corrected chi connectivity index (χ3v) is 7.09. The van der Waals surface area contributed by atoms with Crippen LogP contribution >= 0.6 is 0 Å². The standard InChI is InChI=1S/C29H33N3O4/c1-4-6-26(28(5-2)36-3)22-13-16-30(17-14-22)20-21-7-9-24(10-8-21)29(33)31-18-15-23-11-12-25(32(34)35)19-27(23)31/h4-12,19,22H,2,13-18,20H2,1,3H3/b6-4-,28-26-. The van der Waals surface area contributed by atoms with Crippen molar-refractivity contribution in [2.45, 2.75) is 32.7 Å². The first kappa shape index (κ1) is 25.4. The molecule has 2 heterocycles. The van der Waals surface area contributed by atoms with Gasteiger partial charge in [-0.25, -0.2) is 0 Å². The molecule has 0 N–H and O–H groups in total. The summed E-state index contributed by atoms with van der Waals surface area (Å²) < 4.78 is 5.53. The molecule has 0 saturated carbocycles. The number of ether oxygens (including phenoxy) is 1. The van der Waals surface area contributed by atoms with E-state index in [0.717, 1.165) is 49.4 Å². The van der Waals surface area contributed by atoms with Crippen molar-refractivity contribution in [3.05, 3.63) is 105 Å². The predicted octanol–water partition coefficient (Wildman–Crippen LogP) is 5.67. The molecule has 0 unspecified atom stereocenters. The SMILES string of the molecule is C=C/C(OC)=C(\C=C/C)C1CCN(Cc2ccc(C(=O)N3CCc4ccc([N+](=O)[O-])cc43)cc2)CC1. The van der Waals surface area contributed by atoms with Gasteiger partial charge in [0.1, 0.15) is 5.76 Å². The van der Waals surface area contributed by atoms with Crippen molar-refractivity contribution in [1.82, 2.24) is 4.90 Å². The average molecular weight is 488 g/mol. The van der Waals surface area contributed by atoms with E-state index in [9.17, 15) is 14.9 Å². The van der Waals surface area contributed by atoms with Crippen LogP contribution in [0.15, 0.2) is 78.6 Å². The molecule has 7 heteroatoms. The number of methoxy groups -OCH3 is 1. The van der Waals surface area contributed by atoms with Crippen LogP contribution in [0.4, 0.5) is 11.4 Å². The number of anilines is 1. The summed E-state index contributed by atoms with van der Waals surface area (Å²) >= 11 is 0. The number of nitro groups is 1. The molecular formula is C29H33N3O4. The average Bonchev–Trinajstić information content (AvgIpc) is 3.33. The quantitative estimate of drug-likeness (QED) is 0.207. The van der Waals surface area contributed by atoms with E-state index in [2.05, 4.69) is 23.6 Å². The summed E-state index contributed by atoms with van der Waals surface area (Å²) in [5.41, 5.74) is 4.58. The van der Waals surface area contributed by atoms with Crippen molar-refractivity contribution in [3.8, 4) is 0 Å². The maximum Gasteiger partial charge on any atom is 0.271 e. The Morgan fingerprint density at radius 3 is 2.50 bits per heavy atom. The smallest absolute Gasteiger partial charge is 0.271 e. The molecule has 0 aliphatic carbocycles. The maximum absolute atomic E-state index is 13.2. The molecular weight excluding hydrogens is 454 g/mol. The highest BCUT2D eigenvalue weighted by Crippen LogP contribution is 2.33. The number of allylic oxidation sites excluding steroid dienone is 4. The number of nitro benzene ring substituents is 1. The number of likely N-dealkylation sites (tertiary alicyclic amines) is 1. The fraction of sp³-hybridized carbons (Fsp3) is 0.345. The van der Waals surface area contributed by atoms with Crippen LogP contribution in [-0.2, 0) is 17.7 Å². The second-order valence-corrected chi connectivity index (χ2v) is 9.25. The van der Waals surface area contributed by atoms with E-state index in [1.165, 1.54) is 17.7 Å². The van der Waals surface area contributed by atoms with Gasteiger partial charge in [0.05, 0.1) is 17.7 Å². The minimum absolute atomic E-state index is 0.00355. The zero-order valence-corrected chi connectivity index (χ0v) is 21.0. The normalized spacial score (nSPS) is 17.1. The van der Waals surface area contributed by atoms with Crippen LogP contribution < -0.4 is 4.90 Å². The van der Waals surface area contributed by atoms with E-state index in [4.69, 9.17) is 4.74 Å². The van der Waals surface area contributed by atoms with Crippen LogP contribution in [0.5, 0.6) is 0 Å². The molecule has 1 fully saturated rings. The lowest BCUT2D eigenvalue weighted by Gasteiger charge is -2.33. The molecule has 188 valence electrons. The summed E-state index contributed by atoms with van der Waals surface area (Å²) in [6.45, 7) is 9.25. The third kappa shape index (κ3) is 5.41. The number of amides is 1. The molecule has 2 aromatic carbocycles. The fourth-order valence-electron chi connectivity index (χ4n) is 5.18. The number of benzene rings is 2. The fourth-order valence-corrected chi connectivity index (χ4v) is 5.18. The van der Waals surface area contributed by atoms with Crippen LogP contribution in [0.3, 0.4) is 0 Å². The molecule has 2 aliphatic heterocycles. The first-order valence-corrected chi connectivity index (χ1v) is 12.4. The zero-order chi connectivity index (χ0) is 25.7. The van der Waals surface area contributed by atoms with Gasteiger partial charge in [-0.3, -0.25) is 19.8 Å². The predicted molar refractivity (Wildman–Crippen MR) is 142 cm³/mol. The van der Waals surface area contributed by atoms with Crippen molar-refractivity contribution < 1.29 is 14.5 Å². The largest absolute Gasteiger partial charge is 0.496 e. The highest BCUT2D eigenvalue weighted by Gasteiger charge is 2.28. The van der Waals surface area contributed by atoms with E-state index >= 15 is 0 Å². The number of hydrogen-bond acceptors (Lipinski definition) is 5. The molecule has 0 atom stereocenters. The summed E-state index contributed by atoms with van der Waals surface area (Å²) in [5.74, 6) is 1.17. The summed E-state index contributed by atoms with van der Waals surface area (Å²) in [6, 6.07) is 12.5. The first-order chi connectivity index (χ1) is 17.4. The number of piperidine rings is 1. The second kappa shape index (κ2) is 11.4. The third-order valence-electron chi connectivity index (χ3n) is 7.09. The van der Waals surface area contributed by atoms with Gasteiger partial charge in [0.25, 0.3) is 11.6 Å². The van der Waals surface area contributed by atoms with Gasteiger partial charge in [-0.15, -0.1) is 0 Å². The van der Waals surface area contributed by atoms with E-state index in [0.29, 0.717) is 30.1 Å². The van der Waals surface area contributed by atoms with E-state index in [1.807, 2.05) is 31.2 Å². The Bertz CT molecular complexity index is 1190. The lowest BCUT2D eigenvalue weighted by atomic mass is 9.87. The van der Waals surface area contributed by atoms with Gasteiger partial charge < -0.3 is 9.64 Å². The number of non-ortho nitro benzene ring substituents is 1. The molecule has 0 aromatic heterocycles. The summed E-state index contributed by atoms with van der Waals surface area (Å²) in [6.07, 6.45) is 8.78. The molecule has 36 heavy (non-hydrogen) atoms. The summed E-state index contributed by atoms with van der Waals surface area (Å²) in [7, 11) is 1.69. The van der Waals surface area contributed by atoms with Crippen molar-refractivity contribution in [2.24, 2.45) is 5.92 Å². The van der Waals surface area contributed by atoms with Crippen molar-refractivity contribution >= 4 is 17.3 Å². The molecule has 2 aliphatic rings. The Kier molecular flexibility index (Phi) is 8.00. The number of rotatable bonds is 8. The number of fused-ring (bicyclic) bond motifs is 1. The Morgan fingerprint density at radius 1 is 1.17 bits per heavy atom. The van der Waals surface area contributed by atoms with Crippen LogP contribution in [-0.4, -0.2) is 42.5 Å². The number of hydrogen-bond donors (Lipinski definition) is 0. The van der Waals surface area contributed by atoms with Crippen molar-refractivity contribution in [3.63, 3.8) is 0 Å². The van der Waals surface area contributed by atoms with Gasteiger partial charge in [-0.2, -0.15) is 0 Å². The number of carbonyl (C=O) groups excluding carboxylic acids is 1. The minimum Gasteiger partial charge on any atom is -0.496 e. The Hall–Kier alpha value is -3.71. The second-order valence-electron chi connectivity index (χ2n) is 9.25. The molecule has 1 saturated heterocycles. The van der Waals surface area contributed by atoms with Crippen molar-refractivity contribution in [1.29, 1.82) is 0 Å². The van der Waals surface area contributed by atoms with Crippen LogP contribution in [0.25, 0.3) is 0 Å². The lowest BCUT2D eigenvalue weighted by Crippen LogP contribution is -2.34. The number of carbonyl (C=O) groups is 1. The van der Waals surface area contributed by atoms with E-state index in [-0.39, 0.29) is 11.6 Å². The molecule has 0 bridgehead atoms. The highest BCUT2D eigenvalue weighted by molar-refractivity contribution is 6.07. The van der Waals surface area contributed by atoms with Gasteiger partial charge in [0.2, 0.25) is 0 Å². The lowest BCUT2D eigenvalue weighted by molar-refractivity contribution is -0.384. The van der Waals surface area contributed by atoms with E-state index in [1.54, 1.807) is 24.2 Å². The van der Waals surface area contributed by atoms with Gasteiger partial charge in [-0.05, 0) is 80.1 Å². The summed E-state index contributed by atoms with van der Waals surface area (Å²) in [5, 5.41) is 11.2.